The second-order valence-corrected chi connectivity index (χ2v) is 8.35. The van der Waals surface area contributed by atoms with Crippen molar-refractivity contribution in [1.82, 2.24) is 15.5 Å². The quantitative estimate of drug-likeness (QED) is 0.837. The van der Waals surface area contributed by atoms with Crippen molar-refractivity contribution in [3.8, 4) is 0 Å². The fourth-order valence-corrected chi connectivity index (χ4v) is 4.49. The zero-order chi connectivity index (χ0) is 16.2. The average Bonchev–Trinajstić information content (AvgIpc) is 3.07. The molecule has 1 aromatic heterocycles. The minimum atomic E-state index is -0.178. The van der Waals surface area contributed by atoms with E-state index in [4.69, 9.17) is 0 Å². The third-order valence-electron chi connectivity index (χ3n) is 4.22. The van der Waals surface area contributed by atoms with Crippen LogP contribution in [0.1, 0.15) is 49.4 Å². The van der Waals surface area contributed by atoms with E-state index in [2.05, 4.69) is 33.7 Å². The molecule has 2 atom stereocenters. The molecular weight excluding hydrogens is 326 g/mol. The van der Waals surface area contributed by atoms with Gasteiger partial charge in [-0.3, -0.25) is 4.79 Å². The van der Waals surface area contributed by atoms with Crippen LogP contribution in [0.3, 0.4) is 0 Å². The van der Waals surface area contributed by atoms with Crippen molar-refractivity contribution in [3.63, 3.8) is 0 Å². The van der Waals surface area contributed by atoms with Gasteiger partial charge in [0.05, 0.1) is 11.3 Å². The van der Waals surface area contributed by atoms with Crippen molar-refractivity contribution >= 4 is 29.0 Å². The number of thioether (sulfide) groups is 1. The highest BCUT2D eigenvalue weighted by Gasteiger charge is 2.19. The molecule has 0 radical (unpaired) electrons. The van der Waals surface area contributed by atoms with Gasteiger partial charge in [-0.2, -0.15) is 0 Å². The van der Waals surface area contributed by atoms with Crippen LogP contribution in [0.25, 0.3) is 0 Å². The Kier molecular flexibility index (Phi) is 5.33. The Morgan fingerprint density at radius 2 is 2.04 bits per heavy atom. The molecule has 0 saturated carbocycles. The maximum absolute atomic E-state index is 12.4. The molecule has 0 saturated heterocycles. The Balaban J connectivity index is 1.61. The van der Waals surface area contributed by atoms with Crippen LogP contribution in [0.2, 0.25) is 0 Å². The molecule has 1 heterocycles. The Morgan fingerprint density at radius 1 is 1.26 bits per heavy atom. The van der Waals surface area contributed by atoms with Crippen molar-refractivity contribution in [3.05, 3.63) is 40.4 Å². The van der Waals surface area contributed by atoms with Crippen molar-refractivity contribution in [1.29, 1.82) is 0 Å². The molecule has 23 heavy (non-hydrogen) atoms. The number of benzene rings is 1. The largest absolute Gasteiger partial charge is 0.349 e. The van der Waals surface area contributed by atoms with Gasteiger partial charge in [0.2, 0.25) is 5.91 Å². The summed E-state index contributed by atoms with van der Waals surface area (Å²) in [6.45, 7) is 3.95. The van der Waals surface area contributed by atoms with Crippen molar-refractivity contribution in [2.45, 2.75) is 55.2 Å². The molecule has 6 heteroatoms. The zero-order valence-corrected chi connectivity index (χ0v) is 15.0. The number of hydrogen-bond acceptors (Lipinski definition) is 5. The van der Waals surface area contributed by atoms with Gasteiger partial charge < -0.3 is 5.32 Å². The first-order chi connectivity index (χ1) is 11.1. The molecule has 1 aliphatic rings. The second kappa shape index (κ2) is 7.45. The van der Waals surface area contributed by atoms with E-state index < -0.39 is 0 Å². The number of aryl methyl sites for hydroxylation is 2. The number of nitrogens with one attached hydrogen (secondary N) is 1. The Bertz CT molecular complexity index is 672. The summed E-state index contributed by atoms with van der Waals surface area (Å²) in [5.41, 5.74) is 5.79. The first-order valence-electron chi connectivity index (χ1n) is 7.98. The number of carbonyl (C=O) groups is 1. The van der Waals surface area contributed by atoms with Crippen LogP contribution in [0.5, 0.6) is 0 Å². The van der Waals surface area contributed by atoms with Crippen LogP contribution in [-0.2, 0) is 17.6 Å². The number of nitrogens with zero attached hydrogens (tertiary/aromatic N) is 2. The summed E-state index contributed by atoms with van der Waals surface area (Å²) in [6.07, 6.45) is 4.91. The lowest BCUT2D eigenvalue weighted by Gasteiger charge is -2.21. The average molecular weight is 348 g/mol. The van der Waals surface area contributed by atoms with Crippen molar-refractivity contribution in [2.24, 2.45) is 0 Å². The molecule has 122 valence electrons. The SMILES string of the molecule is C[C@H](NC(=O)[C@@H](C)Sc1nncs1)c1ccc2c(c1)CCCC2. The summed E-state index contributed by atoms with van der Waals surface area (Å²) in [5, 5.41) is 10.7. The van der Waals surface area contributed by atoms with Crippen LogP contribution >= 0.6 is 23.1 Å². The van der Waals surface area contributed by atoms with E-state index in [0.29, 0.717) is 0 Å². The van der Waals surface area contributed by atoms with Gasteiger partial charge in [0.15, 0.2) is 4.34 Å². The Hall–Kier alpha value is -1.40. The van der Waals surface area contributed by atoms with Crippen LogP contribution in [-0.4, -0.2) is 21.4 Å². The molecule has 0 bridgehead atoms. The van der Waals surface area contributed by atoms with E-state index in [9.17, 15) is 4.79 Å². The summed E-state index contributed by atoms with van der Waals surface area (Å²) >= 11 is 2.91. The lowest BCUT2D eigenvalue weighted by Crippen LogP contribution is -2.33. The highest BCUT2D eigenvalue weighted by Crippen LogP contribution is 2.27. The van der Waals surface area contributed by atoms with E-state index in [1.807, 2.05) is 13.8 Å². The summed E-state index contributed by atoms with van der Waals surface area (Å²) in [4.78, 5) is 12.4. The van der Waals surface area contributed by atoms with E-state index >= 15 is 0 Å². The standard InChI is InChI=1S/C17H21N3OS2/c1-11(14-8-7-13-5-3-4-6-15(13)9-14)19-16(21)12(2)23-17-20-18-10-22-17/h7-12H,3-6H2,1-2H3,(H,19,21)/t11-,12+/m0/s1. The van der Waals surface area contributed by atoms with Gasteiger partial charge in [-0.1, -0.05) is 41.3 Å². The minimum Gasteiger partial charge on any atom is -0.349 e. The van der Waals surface area contributed by atoms with Crippen molar-refractivity contribution in [2.75, 3.05) is 0 Å². The van der Waals surface area contributed by atoms with Gasteiger partial charge in [0.25, 0.3) is 0 Å². The third-order valence-corrected chi connectivity index (χ3v) is 6.13. The normalized spacial score (nSPS) is 16.4. The molecule has 2 aromatic rings. The van der Waals surface area contributed by atoms with Crippen LogP contribution in [0, 0.1) is 0 Å². The van der Waals surface area contributed by atoms with Crippen LogP contribution in [0.15, 0.2) is 28.0 Å². The maximum atomic E-state index is 12.4. The summed E-state index contributed by atoms with van der Waals surface area (Å²) in [6, 6.07) is 6.66. The fraction of sp³-hybridized carbons (Fsp3) is 0.471. The Morgan fingerprint density at radius 3 is 2.78 bits per heavy atom. The molecule has 0 aliphatic heterocycles. The molecule has 1 amide bonds. The van der Waals surface area contributed by atoms with E-state index in [1.54, 1.807) is 5.51 Å². The number of rotatable bonds is 5. The number of amides is 1. The molecule has 1 aliphatic carbocycles. The monoisotopic (exact) mass is 347 g/mol. The lowest BCUT2D eigenvalue weighted by molar-refractivity contribution is -0.120. The van der Waals surface area contributed by atoms with E-state index in [1.165, 1.54) is 59.1 Å². The first-order valence-corrected chi connectivity index (χ1v) is 9.74. The van der Waals surface area contributed by atoms with Gasteiger partial charge in [-0.25, -0.2) is 0 Å². The van der Waals surface area contributed by atoms with Crippen molar-refractivity contribution < 1.29 is 4.79 Å². The van der Waals surface area contributed by atoms with Crippen LogP contribution in [0.4, 0.5) is 0 Å². The zero-order valence-electron chi connectivity index (χ0n) is 13.4. The predicted molar refractivity (Wildman–Crippen MR) is 94.9 cm³/mol. The smallest absolute Gasteiger partial charge is 0.233 e. The van der Waals surface area contributed by atoms with Gasteiger partial charge >= 0.3 is 0 Å². The van der Waals surface area contributed by atoms with Gasteiger partial charge in [-0.05, 0) is 56.2 Å². The number of hydrogen-bond donors (Lipinski definition) is 1. The summed E-state index contributed by atoms with van der Waals surface area (Å²) < 4.78 is 0.828. The van der Waals surface area contributed by atoms with E-state index in [0.717, 1.165) is 10.8 Å². The molecule has 1 N–H and O–H groups in total. The lowest BCUT2D eigenvalue weighted by atomic mass is 9.89. The number of carbonyl (C=O) groups excluding carboxylic acids is 1. The summed E-state index contributed by atoms with van der Waals surface area (Å²) in [5.74, 6) is 0.0374. The van der Waals surface area contributed by atoms with E-state index in [-0.39, 0.29) is 17.2 Å². The maximum Gasteiger partial charge on any atom is 0.233 e. The fourth-order valence-electron chi connectivity index (χ4n) is 2.86. The number of aromatic nitrogens is 2. The van der Waals surface area contributed by atoms with Gasteiger partial charge in [-0.15, -0.1) is 10.2 Å². The number of fused-ring (bicyclic) bond motifs is 1. The highest BCUT2D eigenvalue weighted by atomic mass is 32.2. The molecule has 4 nitrogen and oxygen atoms in total. The highest BCUT2D eigenvalue weighted by molar-refractivity contribution is 8.02. The molecule has 3 rings (SSSR count). The molecule has 0 fully saturated rings. The second-order valence-electron chi connectivity index (χ2n) is 5.93. The van der Waals surface area contributed by atoms with Gasteiger partial charge in [0.1, 0.15) is 5.51 Å². The first kappa shape index (κ1) is 16.5. The minimum absolute atomic E-state index is 0.0206. The van der Waals surface area contributed by atoms with Crippen LogP contribution < -0.4 is 5.32 Å². The third kappa shape index (κ3) is 4.12. The Labute approximate surface area is 145 Å². The molecule has 0 spiro atoms. The predicted octanol–water partition coefficient (Wildman–Crippen LogP) is 3.77. The topological polar surface area (TPSA) is 54.9 Å². The molecule has 1 aromatic carbocycles. The van der Waals surface area contributed by atoms with Gasteiger partial charge in [0, 0.05) is 0 Å². The summed E-state index contributed by atoms with van der Waals surface area (Å²) in [7, 11) is 0. The molecule has 0 unspecified atom stereocenters. The molecular formula is C17H21N3OS2.